The second kappa shape index (κ2) is 7.22. The molecule has 0 aliphatic carbocycles. The lowest BCUT2D eigenvalue weighted by Gasteiger charge is -2.31. The zero-order chi connectivity index (χ0) is 15.3. The van der Waals surface area contributed by atoms with Crippen molar-refractivity contribution in [1.82, 2.24) is 4.31 Å². The van der Waals surface area contributed by atoms with E-state index in [0.29, 0.717) is 38.6 Å². The molecular weight excluding hydrogens is 292 g/mol. The Bertz CT molecular complexity index is 545. The van der Waals surface area contributed by atoms with Crippen LogP contribution >= 0.6 is 0 Å². The van der Waals surface area contributed by atoms with Crippen molar-refractivity contribution < 1.29 is 17.9 Å². The van der Waals surface area contributed by atoms with E-state index in [2.05, 4.69) is 0 Å². The van der Waals surface area contributed by atoms with Gasteiger partial charge in [0.25, 0.3) is 0 Å². The maximum atomic E-state index is 12.6. The fraction of sp³-hybridized carbons (Fsp3) is 0.571. The lowest BCUT2D eigenvalue weighted by atomic mass is 10.3. The monoisotopic (exact) mass is 314 g/mol. The molecule has 1 unspecified atom stereocenters. The third-order valence-electron chi connectivity index (χ3n) is 3.30. The van der Waals surface area contributed by atoms with E-state index < -0.39 is 10.0 Å². The second-order valence-electron chi connectivity index (χ2n) is 4.91. The first-order valence-corrected chi connectivity index (χ1v) is 8.56. The van der Waals surface area contributed by atoms with Gasteiger partial charge in [-0.3, -0.25) is 0 Å². The van der Waals surface area contributed by atoms with Crippen molar-refractivity contribution in [2.75, 3.05) is 32.8 Å². The lowest BCUT2D eigenvalue weighted by molar-refractivity contribution is 0.00450. The maximum Gasteiger partial charge on any atom is 0.243 e. The summed E-state index contributed by atoms with van der Waals surface area (Å²) in [5.74, 6) is 0.678. The molecule has 0 saturated carbocycles. The molecule has 1 fully saturated rings. The molecule has 6 nitrogen and oxygen atoms in total. The van der Waals surface area contributed by atoms with Crippen LogP contribution in [0.1, 0.15) is 13.3 Å². The Morgan fingerprint density at radius 2 is 2.10 bits per heavy atom. The molecule has 1 aromatic rings. The summed E-state index contributed by atoms with van der Waals surface area (Å²) in [6.07, 6.45) is 0.676. The van der Waals surface area contributed by atoms with Crippen LogP contribution in [0.2, 0.25) is 0 Å². The van der Waals surface area contributed by atoms with Gasteiger partial charge in [0, 0.05) is 19.6 Å². The molecule has 2 N–H and O–H groups in total. The number of nitrogens with zero attached hydrogens (tertiary/aromatic N) is 1. The predicted octanol–water partition coefficient (Wildman–Crippen LogP) is 0.824. The Morgan fingerprint density at radius 1 is 1.38 bits per heavy atom. The van der Waals surface area contributed by atoms with Gasteiger partial charge < -0.3 is 15.2 Å². The third-order valence-corrected chi connectivity index (χ3v) is 5.18. The minimum atomic E-state index is -3.50. The van der Waals surface area contributed by atoms with Crippen LogP contribution in [0.4, 0.5) is 0 Å². The average molecular weight is 314 g/mol. The molecule has 0 aromatic heterocycles. The molecule has 1 atom stereocenters. The Hall–Kier alpha value is -1.15. The summed E-state index contributed by atoms with van der Waals surface area (Å²) in [4.78, 5) is 0.268. The number of nitrogens with two attached hydrogens (primary N) is 1. The zero-order valence-electron chi connectivity index (χ0n) is 12.2. The Morgan fingerprint density at radius 3 is 2.71 bits per heavy atom. The van der Waals surface area contributed by atoms with Crippen molar-refractivity contribution >= 4 is 10.0 Å². The van der Waals surface area contributed by atoms with E-state index in [-0.39, 0.29) is 11.0 Å². The van der Waals surface area contributed by atoms with E-state index in [1.807, 2.05) is 6.92 Å². The van der Waals surface area contributed by atoms with E-state index in [4.69, 9.17) is 15.2 Å². The van der Waals surface area contributed by atoms with Crippen LogP contribution in [-0.2, 0) is 14.8 Å². The Kier molecular flexibility index (Phi) is 5.58. The molecule has 1 aliphatic heterocycles. The molecule has 118 valence electrons. The summed E-state index contributed by atoms with van der Waals surface area (Å²) >= 11 is 0. The number of hydrogen-bond acceptors (Lipinski definition) is 5. The van der Waals surface area contributed by atoms with Gasteiger partial charge >= 0.3 is 0 Å². The van der Waals surface area contributed by atoms with Gasteiger partial charge in [-0.15, -0.1) is 0 Å². The summed E-state index contributed by atoms with van der Waals surface area (Å²) in [7, 11) is -3.50. The number of rotatable bonds is 6. The number of sulfonamides is 1. The summed E-state index contributed by atoms with van der Waals surface area (Å²) in [6.45, 7) is 3.98. The van der Waals surface area contributed by atoms with Crippen LogP contribution in [0.15, 0.2) is 29.2 Å². The molecule has 1 saturated heterocycles. The molecule has 0 radical (unpaired) electrons. The van der Waals surface area contributed by atoms with Crippen LogP contribution in [0, 0.1) is 0 Å². The number of hydrogen-bond donors (Lipinski definition) is 1. The Labute approximate surface area is 125 Å². The van der Waals surface area contributed by atoms with Gasteiger partial charge in [0.05, 0.1) is 24.2 Å². The fourth-order valence-corrected chi connectivity index (χ4v) is 3.59. The second-order valence-corrected chi connectivity index (χ2v) is 6.85. The third kappa shape index (κ3) is 3.94. The number of morpholine rings is 1. The van der Waals surface area contributed by atoms with Gasteiger partial charge in [-0.05, 0) is 30.7 Å². The van der Waals surface area contributed by atoms with Crippen molar-refractivity contribution in [2.24, 2.45) is 5.73 Å². The molecular formula is C14H22N2O4S. The van der Waals surface area contributed by atoms with Crippen LogP contribution in [0.5, 0.6) is 5.75 Å². The molecule has 2 rings (SSSR count). The van der Waals surface area contributed by atoms with E-state index in [1.54, 1.807) is 24.3 Å². The normalized spacial score (nSPS) is 20.4. The molecule has 0 amide bonds. The fourth-order valence-electron chi connectivity index (χ4n) is 2.13. The topological polar surface area (TPSA) is 81.9 Å². The lowest BCUT2D eigenvalue weighted by Crippen LogP contribution is -2.48. The molecule has 1 heterocycles. The summed E-state index contributed by atoms with van der Waals surface area (Å²) < 4.78 is 37.4. The smallest absolute Gasteiger partial charge is 0.243 e. The molecule has 0 bridgehead atoms. The largest absolute Gasteiger partial charge is 0.494 e. The molecule has 21 heavy (non-hydrogen) atoms. The van der Waals surface area contributed by atoms with Gasteiger partial charge in [0.1, 0.15) is 5.75 Å². The van der Waals surface area contributed by atoms with Crippen LogP contribution in [0.25, 0.3) is 0 Å². The van der Waals surface area contributed by atoms with Gasteiger partial charge in [-0.25, -0.2) is 8.42 Å². The first-order chi connectivity index (χ1) is 10.1. The summed E-state index contributed by atoms with van der Waals surface area (Å²) in [5.41, 5.74) is 5.55. The first kappa shape index (κ1) is 16.2. The van der Waals surface area contributed by atoms with E-state index in [0.717, 1.165) is 6.42 Å². The minimum Gasteiger partial charge on any atom is -0.494 e. The standard InChI is InChI=1S/C14H22N2O4S/c1-2-8-19-12-3-5-14(6-4-12)21(17,18)16-7-9-20-13(10-15)11-16/h3-6,13H,2,7-11,15H2,1H3. The highest BCUT2D eigenvalue weighted by molar-refractivity contribution is 7.89. The number of ether oxygens (including phenoxy) is 2. The van der Waals surface area contributed by atoms with E-state index >= 15 is 0 Å². The van der Waals surface area contributed by atoms with Crippen molar-refractivity contribution in [3.63, 3.8) is 0 Å². The quantitative estimate of drug-likeness (QED) is 0.841. The molecule has 0 spiro atoms. The maximum absolute atomic E-state index is 12.6. The zero-order valence-corrected chi connectivity index (χ0v) is 13.0. The predicted molar refractivity (Wildman–Crippen MR) is 79.8 cm³/mol. The number of benzene rings is 1. The highest BCUT2D eigenvalue weighted by Gasteiger charge is 2.30. The molecule has 1 aliphatic rings. The van der Waals surface area contributed by atoms with Crippen molar-refractivity contribution in [3.05, 3.63) is 24.3 Å². The Balaban J connectivity index is 2.11. The van der Waals surface area contributed by atoms with Crippen molar-refractivity contribution in [1.29, 1.82) is 0 Å². The first-order valence-electron chi connectivity index (χ1n) is 7.12. The van der Waals surface area contributed by atoms with Crippen molar-refractivity contribution in [3.8, 4) is 5.75 Å². The van der Waals surface area contributed by atoms with Gasteiger partial charge in [0.2, 0.25) is 10.0 Å². The van der Waals surface area contributed by atoms with Gasteiger partial charge in [-0.1, -0.05) is 6.92 Å². The van der Waals surface area contributed by atoms with E-state index in [1.165, 1.54) is 4.31 Å². The van der Waals surface area contributed by atoms with Gasteiger partial charge in [-0.2, -0.15) is 4.31 Å². The molecule has 7 heteroatoms. The highest BCUT2D eigenvalue weighted by Crippen LogP contribution is 2.21. The average Bonchev–Trinajstić information content (AvgIpc) is 2.53. The minimum absolute atomic E-state index is 0.235. The molecule has 1 aromatic carbocycles. The van der Waals surface area contributed by atoms with Gasteiger partial charge in [0.15, 0.2) is 0 Å². The summed E-state index contributed by atoms with van der Waals surface area (Å²) in [5, 5.41) is 0. The van der Waals surface area contributed by atoms with E-state index in [9.17, 15) is 8.42 Å². The highest BCUT2D eigenvalue weighted by atomic mass is 32.2. The van der Waals surface area contributed by atoms with Crippen LogP contribution in [0.3, 0.4) is 0 Å². The van der Waals surface area contributed by atoms with Crippen LogP contribution in [-0.4, -0.2) is 51.7 Å². The van der Waals surface area contributed by atoms with Crippen LogP contribution < -0.4 is 10.5 Å². The van der Waals surface area contributed by atoms with Crippen molar-refractivity contribution in [2.45, 2.75) is 24.3 Å². The summed E-state index contributed by atoms with van der Waals surface area (Å²) in [6, 6.07) is 6.52. The SMILES string of the molecule is CCCOc1ccc(S(=O)(=O)N2CCOC(CN)C2)cc1.